The van der Waals surface area contributed by atoms with Crippen LogP contribution in [-0.2, 0) is 16.3 Å². The minimum Gasteiger partial charge on any atom is -0.302 e. The summed E-state index contributed by atoms with van der Waals surface area (Å²) in [6.07, 6.45) is 2.79. The molecule has 2 atom stereocenters. The third-order valence-electron chi connectivity index (χ3n) is 2.85. The minimum atomic E-state index is -2.96. The molecule has 0 radical (unpaired) electrons. The van der Waals surface area contributed by atoms with Gasteiger partial charge in [0.2, 0.25) is 0 Å². The molecule has 0 saturated heterocycles. The molecule has 5 heteroatoms. The van der Waals surface area contributed by atoms with E-state index in [9.17, 15) is 8.42 Å². The molecular weight excluding hydrogens is 254 g/mol. The Morgan fingerprint density at radius 2 is 2.29 bits per heavy atom. The van der Waals surface area contributed by atoms with Gasteiger partial charge in [-0.3, -0.25) is 0 Å². The van der Waals surface area contributed by atoms with Crippen molar-refractivity contribution in [3.8, 4) is 0 Å². The Hall–Kier alpha value is -0.650. The lowest BCUT2D eigenvalue weighted by Gasteiger charge is -2.16. The van der Waals surface area contributed by atoms with Gasteiger partial charge in [0.15, 0.2) is 9.84 Å². The first-order valence-electron chi connectivity index (χ1n) is 5.76. The van der Waals surface area contributed by atoms with E-state index in [4.69, 9.17) is 0 Å². The van der Waals surface area contributed by atoms with Crippen molar-refractivity contribution in [2.24, 2.45) is 0 Å². The van der Waals surface area contributed by atoms with Crippen molar-refractivity contribution in [3.63, 3.8) is 0 Å². The fourth-order valence-electron chi connectivity index (χ4n) is 1.90. The molecule has 94 valence electrons. The molecule has 0 bridgehead atoms. The van der Waals surface area contributed by atoms with Crippen molar-refractivity contribution in [1.29, 1.82) is 0 Å². The Morgan fingerprint density at radius 1 is 1.53 bits per heavy atom. The molecule has 2 rings (SSSR count). The van der Waals surface area contributed by atoms with Crippen LogP contribution in [0.25, 0.3) is 0 Å². The Balaban J connectivity index is 1.98. The van der Waals surface area contributed by atoms with E-state index in [0.717, 1.165) is 6.42 Å². The van der Waals surface area contributed by atoms with Gasteiger partial charge in [0.05, 0.1) is 5.75 Å². The van der Waals surface area contributed by atoms with Crippen LogP contribution in [0.3, 0.4) is 0 Å². The second-order valence-electron chi connectivity index (χ2n) is 4.31. The minimum absolute atomic E-state index is 0.0535. The van der Waals surface area contributed by atoms with Crippen molar-refractivity contribution in [1.82, 2.24) is 5.32 Å². The molecule has 1 aliphatic heterocycles. The van der Waals surface area contributed by atoms with E-state index in [1.807, 2.05) is 0 Å². The van der Waals surface area contributed by atoms with Crippen LogP contribution in [0.4, 0.5) is 0 Å². The molecule has 0 saturated carbocycles. The van der Waals surface area contributed by atoms with E-state index >= 15 is 0 Å². The Kier molecular flexibility index (Phi) is 3.70. The standard InChI is InChI=1S/C12H17NO2S2/c1-3-11-4-5-12(16-11)9(2)13-10-6-7-17(14,15)8-10/h4-7,9-10,13H,3,8H2,1-2H3. The monoisotopic (exact) mass is 271 g/mol. The highest BCUT2D eigenvalue weighted by molar-refractivity contribution is 7.94. The fourth-order valence-corrected chi connectivity index (χ4v) is 4.11. The lowest BCUT2D eigenvalue weighted by molar-refractivity contribution is 0.541. The molecule has 1 aromatic heterocycles. The van der Waals surface area contributed by atoms with Gasteiger partial charge in [-0.25, -0.2) is 8.42 Å². The summed E-state index contributed by atoms with van der Waals surface area (Å²) in [4.78, 5) is 2.63. The van der Waals surface area contributed by atoms with Crippen LogP contribution in [0, 0.1) is 0 Å². The van der Waals surface area contributed by atoms with Crippen LogP contribution in [0.2, 0.25) is 0 Å². The highest BCUT2D eigenvalue weighted by atomic mass is 32.2. The topological polar surface area (TPSA) is 46.2 Å². The van der Waals surface area contributed by atoms with Gasteiger partial charge in [-0.1, -0.05) is 13.0 Å². The van der Waals surface area contributed by atoms with Crippen LogP contribution in [0.5, 0.6) is 0 Å². The molecule has 2 unspecified atom stereocenters. The van der Waals surface area contributed by atoms with Crippen molar-refractivity contribution in [2.45, 2.75) is 32.4 Å². The van der Waals surface area contributed by atoms with Crippen LogP contribution < -0.4 is 5.32 Å². The van der Waals surface area contributed by atoms with Gasteiger partial charge in [-0.15, -0.1) is 11.3 Å². The maximum Gasteiger partial charge on any atom is 0.173 e. The summed E-state index contributed by atoms with van der Waals surface area (Å²) in [6.45, 7) is 4.21. The number of hydrogen-bond acceptors (Lipinski definition) is 4. The Labute approximate surface area is 106 Å². The predicted octanol–water partition coefficient (Wildman–Crippen LogP) is 2.27. The molecule has 2 heterocycles. The summed E-state index contributed by atoms with van der Waals surface area (Å²) in [5, 5.41) is 4.64. The molecule has 17 heavy (non-hydrogen) atoms. The number of nitrogens with one attached hydrogen (secondary N) is 1. The number of rotatable bonds is 4. The van der Waals surface area contributed by atoms with Crippen LogP contribution in [0.15, 0.2) is 23.6 Å². The number of aryl methyl sites for hydroxylation is 1. The number of sulfone groups is 1. The number of hydrogen-bond donors (Lipinski definition) is 1. The Morgan fingerprint density at radius 3 is 2.82 bits per heavy atom. The second-order valence-corrected chi connectivity index (χ2v) is 7.44. The summed E-state index contributed by atoms with van der Waals surface area (Å²) in [5.41, 5.74) is 0. The lowest BCUT2D eigenvalue weighted by atomic mass is 10.2. The van der Waals surface area contributed by atoms with Gasteiger partial charge in [0, 0.05) is 27.2 Å². The van der Waals surface area contributed by atoms with Gasteiger partial charge in [-0.05, 0) is 25.5 Å². The normalized spacial score (nSPS) is 24.0. The zero-order valence-electron chi connectivity index (χ0n) is 10.0. The maximum atomic E-state index is 11.3. The molecule has 0 spiro atoms. The van der Waals surface area contributed by atoms with Crippen LogP contribution >= 0.6 is 11.3 Å². The van der Waals surface area contributed by atoms with Gasteiger partial charge in [0.25, 0.3) is 0 Å². The lowest BCUT2D eigenvalue weighted by Crippen LogP contribution is -2.31. The van der Waals surface area contributed by atoms with Crippen molar-refractivity contribution < 1.29 is 8.42 Å². The van der Waals surface area contributed by atoms with Gasteiger partial charge in [0.1, 0.15) is 0 Å². The summed E-state index contributed by atoms with van der Waals surface area (Å²) in [5.74, 6) is 0.184. The van der Waals surface area contributed by atoms with E-state index in [0.29, 0.717) is 0 Å². The highest BCUT2D eigenvalue weighted by Crippen LogP contribution is 2.24. The molecule has 1 aromatic rings. The molecular formula is C12H17NO2S2. The molecule has 1 N–H and O–H groups in total. The quantitative estimate of drug-likeness (QED) is 0.914. The van der Waals surface area contributed by atoms with Crippen molar-refractivity contribution in [2.75, 3.05) is 5.75 Å². The molecule has 0 fully saturated rings. The second kappa shape index (κ2) is 4.92. The van der Waals surface area contributed by atoms with Gasteiger partial charge in [-0.2, -0.15) is 0 Å². The highest BCUT2D eigenvalue weighted by Gasteiger charge is 2.23. The maximum absolute atomic E-state index is 11.3. The number of thiophene rings is 1. The molecule has 1 aliphatic rings. The van der Waals surface area contributed by atoms with Crippen molar-refractivity contribution in [3.05, 3.63) is 33.4 Å². The first kappa shape index (κ1) is 12.8. The average Bonchev–Trinajstić information content (AvgIpc) is 2.85. The molecule has 0 aromatic carbocycles. The predicted molar refractivity (Wildman–Crippen MR) is 72.0 cm³/mol. The van der Waals surface area contributed by atoms with Crippen molar-refractivity contribution >= 4 is 21.2 Å². The largest absolute Gasteiger partial charge is 0.302 e. The summed E-state index contributed by atoms with van der Waals surface area (Å²) >= 11 is 1.79. The first-order valence-corrected chi connectivity index (χ1v) is 8.29. The zero-order chi connectivity index (χ0) is 12.5. The first-order chi connectivity index (χ1) is 8.00. The van der Waals surface area contributed by atoms with Crippen LogP contribution in [0.1, 0.15) is 29.6 Å². The van der Waals surface area contributed by atoms with E-state index in [1.165, 1.54) is 15.2 Å². The van der Waals surface area contributed by atoms with E-state index < -0.39 is 9.84 Å². The summed E-state index contributed by atoms with van der Waals surface area (Å²) in [6, 6.07) is 4.40. The summed E-state index contributed by atoms with van der Waals surface area (Å²) < 4.78 is 22.6. The third kappa shape index (κ3) is 3.18. The zero-order valence-corrected chi connectivity index (χ0v) is 11.6. The van der Waals surface area contributed by atoms with E-state index in [2.05, 4.69) is 31.3 Å². The smallest absolute Gasteiger partial charge is 0.173 e. The van der Waals surface area contributed by atoms with Crippen LogP contribution in [-0.4, -0.2) is 20.2 Å². The molecule has 3 nitrogen and oxygen atoms in total. The van der Waals surface area contributed by atoms with Gasteiger partial charge < -0.3 is 5.32 Å². The SMILES string of the molecule is CCc1ccc(C(C)NC2C=CS(=O)(=O)C2)s1. The molecule has 0 amide bonds. The van der Waals surface area contributed by atoms with E-state index in [-0.39, 0.29) is 17.8 Å². The molecule has 0 aliphatic carbocycles. The summed E-state index contributed by atoms with van der Waals surface area (Å²) in [7, 11) is -2.96. The third-order valence-corrected chi connectivity index (χ3v) is 5.66. The average molecular weight is 271 g/mol. The fraction of sp³-hybridized carbons (Fsp3) is 0.500. The Bertz CT molecular complexity index is 516. The van der Waals surface area contributed by atoms with E-state index in [1.54, 1.807) is 17.4 Å². The van der Waals surface area contributed by atoms with Gasteiger partial charge >= 0.3 is 0 Å².